The zero-order valence-corrected chi connectivity index (χ0v) is 15.9. The summed E-state index contributed by atoms with van der Waals surface area (Å²) in [6.45, 7) is 0.818. The van der Waals surface area contributed by atoms with Crippen LogP contribution in [0, 0.1) is 5.82 Å². The number of benzene rings is 1. The second-order valence-corrected chi connectivity index (χ2v) is 6.54. The van der Waals surface area contributed by atoms with Crippen LogP contribution in [0.5, 0.6) is 0 Å². The quantitative estimate of drug-likeness (QED) is 0.476. The Morgan fingerprint density at radius 3 is 3.03 bits per heavy atom. The molecule has 2 aromatic rings. The maximum absolute atomic E-state index is 13.2. The van der Waals surface area contributed by atoms with Crippen LogP contribution in [-0.4, -0.2) is 53.2 Å². The minimum absolute atomic E-state index is 0.0729. The molecule has 1 aliphatic heterocycles. The molecule has 0 bridgehead atoms. The summed E-state index contributed by atoms with van der Waals surface area (Å²) in [4.78, 5) is 25.9. The second-order valence-electron chi connectivity index (χ2n) is 6.54. The van der Waals surface area contributed by atoms with Gasteiger partial charge in [-0.2, -0.15) is 10.2 Å². The van der Waals surface area contributed by atoms with Crippen LogP contribution in [0.4, 0.5) is 21.6 Å². The number of nitrogens with two attached hydrogens (primary N) is 1. The number of nitrogen functional groups attached to an aromatic ring is 1. The van der Waals surface area contributed by atoms with E-state index in [1.165, 1.54) is 25.3 Å². The summed E-state index contributed by atoms with van der Waals surface area (Å²) in [7, 11) is 1.33. The predicted octanol–water partition coefficient (Wildman–Crippen LogP) is 1.80. The summed E-state index contributed by atoms with van der Waals surface area (Å²) in [5.74, 6) is -0.917. The van der Waals surface area contributed by atoms with Crippen molar-refractivity contribution in [1.82, 2.24) is 20.4 Å². The first-order valence-electron chi connectivity index (χ1n) is 9.06. The number of halogens is 1. The van der Waals surface area contributed by atoms with E-state index in [4.69, 9.17) is 10.5 Å². The van der Waals surface area contributed by atoms with Crippen molar-refractivity contribution >= 4 is 29.1 Å². The van der Waals surface area contributed by atoms with E-state index in [9.17, 15) is 14.0 Å². The molecule has 4 N–H and O–H groups in total. The summed E-state index contributed by atoms with van der Waals surface area (Å²) in [6, 6.07) is 5.25. The standard InChI is InChI=1S/C18H22FN7O3/c1-29-18(28)14-6-3-7-26(14)10-15(27)21-9-13-16(17(20)25-23-13)24-22-12-5-2-4-11(19)8-12/h2,4-5,8,14H,3,6-7,9-10H2,1H3,(H,21,27)(H3,20,23,25). The molecule has 29 heavy (non-hydrogen) atoms. The summed E-state index contributed by atoms with van der Waals surface area (Å²) in [5.41, 5.74) is 6.85. The highest BCUT2D eigenvalue weighted by atomic mass is 19.1. The number of rotatable bonds is 7. The van der Waals surface area contributed by atoms with Crippen molar-refractivity contribution in [2.24, 2.45) is 10.2 Å². The van der Waals surface area contributed by atoms with Crippen LogP contribution in [0.2, 0.25) is 0 Å². The zero-order valence-electron chi connectivity index (χ0n) is 15.9. The van der Waals surface area contributed by atoms with Crippen molar-refractivity contribution in [3.05, 3.63) is 35.8 Å². The van der Waals surface area contributed by atoms with Gasteiger partial charge >= 0.3 is 5.97 Å². The number of carbonyl (C=O) groups is 2. The molecule has 1 amide bonds. The first-order chi connectivity index (χ1) is 14.0. The molecule has 1 aliphatic rings. The lowest BCUT2D eigenvalue weighted by atomic mass is 10.2. The van der Waals surface area contributed by atoms with Crippen molar-refractivity contribution in [2.45, 2.75) is 25.4 Å². The smallest absolute Gasteiger partial charge is 0.323 e. The van der Waals surface area contributed by atoms with Gasteiger partial charge in [-0.3, -0.25) is 19.6 Å². The van der Waals surface area contributed by atoms with Gasteiger partial charge in [0, 0.05) is 6.07 Å². The summed E-state index contributed by atoms with van der Waals surface area (Å²) in [6.07, 6.45) is 1.50. The largest absolute Gasteiger partial charge is 0.468 e. The maximum Gasteiger partial charge on any atom is 0.323 e. The zero-order chi connectivity index (χ0) is 20.8. The third kappa shape index (κ3) is 5.13. The van der Waals surface area contributed by atoms with E-state index < -0.39 is 11.9 Å². The number of esters is 1. The number of methoxy groups -OCH3 is 1. The molecule has 0 radical (unpaired) electrons. The molecule has 1 fully saturated rings. The second kappa shape index (κ2) is 9.24. The van der Waals surface area contributed by atoms with Crippen LogP contribution in [0.25, 0.3) is 0 Å². The fourth-order valence-corrected chi connectivity index (χ4v) is 3.11. The number of nitrogens with one attached hydrogen (secondary N) is 2. The minimum Gasteiger partial charge on any atom is -0.468 e. The van der Waals surface area contributed by atoms with Gasteiger partial charge in [-0.15, -0.1) is 5.11 Å². The average molecular weight is 403 g/mol. The number of H-pyrrole nitrogens is 1. The molecule has 10 nitrogen and oxygen atoms in total. The van der Waals surface area contributed by atoms with Gasteiger partial charge in [-0.1, -0.05) is 6.07 Å². The van der Waals surface area contributed by atoms with Gasteiger partial charge < -0.3 is 15.8 Å². The number of carbonyl (C=O) groups excluding carboxylic acids is 2. The van der Waals surface area contributed by atoms with Gasteiger partial charge in [-0.25, -0.2) is 4.39 Å². The number of azo groups is 1. The summed E-state index contributed by atoms with van der Waals surface area (Å²) < 4.78 is 18.0. The highest BCUT2D eigenvalue weighted by Crippen LogP contribution is 2.27. The van der Waals surface area contributed by atoms with Crippen molar-refractivity contribution < 1.29 is 18.7 Å². The monoisotopic (exact) mass is 403 g/mol. The molecule has 154 valence electrons. The Morgan fingerprint density at radius 1 is 1.45 bits per heavy atom. The summed E-state index contributed by atoms with van der Waals surface area (Å²) >= 11 is 0. The van der Waals surface area contributed by atoms with Crippen molar-refractivity contribution in [3.63, 3.8) is 0 Å². The van der Waals surface area contributed by atoms with Crippen LogP contribution in [-0.2, 0) is 20.9 Å². The number of aromatic nitrogens is 2. The molecule has 0 aliphatic carbocycles. The number of aromatic amines is 1. The lowest BCUT2D eigenvalue weighted by Gasteiger charge is -2.21. The van der Waals surface area contributed by atoms with Gasteiger partial charge in [0.25, 0.3) is 0 Å². The summed E-state index contributed by atoms with van der Waals surface area (Å²) in [5, 5.41) is 17.3. The molecule has 3 rings (SSSR count). The molecule has 1 unspecified atom stereocenters. The van der Waals surface area contributed by atoms with Gasteiger partial charge in [-0.05, 0) is 31.5 Å². The fourth-order valence-electron chi connectivity index (χ4n) is 3.11. The highest BCUT2D eigenvalue weighted by molar-refractivity contribution is 5.81. The molecule has 0 saturated carbocycles. The maximum atomic E-state index is 13.2. The third-order valence-electron chi connectivity index (χ3n) is 4.56. The van der Waals surface area contributed by atoms with Crippen LogP contribution in [0.15, 0.2) is 34.5 Å². The van der Waals surface area contributed by atoms with Gasteiger partial charge in [0.05, 0.1) is 31.6 Å². The highest BCUT2D eigenvalue weighted by Gasteiger charge is 2.32. The van der Waals surface area contributed by atoms with Crippen LogP contribution < -0.4 is 11.1 Å². The Balaban J connectivity index is 1.60. The van der Waals surface area contributed by atoms with Crippen molar-refractivity contribution in [1.29, 1.82) is 0 Å². The van der Waals surface area contributed by atoms with E-state index in [0.717, 1.165) is 6.42 Å². The van der Waals surface area contributed by atoms with E-state index in [1.54, 1.807) is 11.0 Å². The Kier molecular flexibility index (Phi) is 6.50. The molecule has 2 heterocycles. The van der Waals surface area contributed by atoms with Gasteiger partial charge in [0.1, 0.15) is 11.9 Å². The Hall–Kier alpha value is -3.34. The number of amides is 1. The molecule has 11 heteroatoms. The minimum atomic E-state index is -0.429. The normalized spacial score (nSPS) is 17.0. The number of nitrogens with zero attached hydrogens (tertiary/aromatic N) is 4. The Labute approximate surface area is 166 Å². The van der Waals surface area contributed by atoms with E-state index >= 15 is 0 Å². The molecule has 1 atom stereocenters. The van der Waals surface area contributed by atoms with E-state index in [1.807, 2.05) is 0 Å². The average Bonchev–Trinajstić information content (AvgIpc) is 3.30. The van der Waals surface area contributed by atoms with Gasteiger partial charge in [0.2, 0.25) is 5.91 Å². The number of likely N-dealkylation sites (tertiary alicyclic amines) is 1. The first kappa shape index (κ1) is 20.4. The number of hydrogen-bond acceptors (Lipinski definition) is 8. The topological polar surface area (TPSA) is 138 Å². The Morgan fingerprint density at radius 2 is 2.28 bits per heavy atom. The van der Waals surface area contributed by atoms with E-state index in [-0.39, 0.29) is 36.5 Å². The number of hydrogen-bond donors (Lipinski definition) is 3. The third-order valence-corrected chi connectivity index (χ3v) is 4.56. The van der Waals surface area contributed by atoms with Crippen LogP contribution in [0.3, 0.4) is 0 Å². The molecule has 1 saturated heterocycles. The van der Waals surface area contributed by atoms with Crippen LogP contribution >= 0.6 is 0 Å². The van der Waals surface area contributed by atoms with E-state index in [2.05, 4.69) is 25.7 Å². The van der Waals surface area contributed by atoms with Crippen molar-refractivity contribution in [2.75, 3.05) is 25.9 Å². The number of ether oxygens (including phenoxy) is 1. The number of anilines is 1. The lowest BCUT2D eigenvalue weighted by molar-refractivity contribution is -0.146. The lowest BCUT2D eigenvalue weighted by Crippen LogP contribution is -2.43. The SMILES string of the molecule is COC(=O)C1CCCN1CC(=O)NCc1[nH]nc(N)c1N=Nc1cccc(F)c1. The van der Waals surface area contributed by atoms with Crippen LogP contribution in [0.1, 0.15) is 18.5 Å². The first-order valence-corrected chi connectivity index (χ1v) is 9.06. The van der Waals surface area contributed by atoms with Crippen molar-refractivity contribution in [3.8, 4) is 0 Å². The molecular weight excluding hydrogens is 381 g/mol. The molecule has 1 aromatic heterocycles. The molecular formula is C18H22FN7O3. The molecule has 0 spiro atoms. The fraction of sp³-hybridized carbons (Fsp3) is 0.389. The van der Waals surface area contributed by atoms with E-state index in [0.29, 0.717) is 24.3 Å². The predicted molar refractivity (Wildman–Crippen MR) is 102 cm³/mol. The molecule has 1 aromatic carbocycles. The van der Waals surface area contributed by atoms with Gasteiger partial charge in [0.15, 0.2) is 11.5 Å². The Bertz CT molecular complexity index is 915.